The van der Waals surface area contributed by atoms with Gasteiger partial charge < -0.3 is 5.32 Å². The van der Waals surface area contributed by atoms with Gasteiger partial charge in [0.05, 0.1) is 0 Å². The molecule has 0 amide bonds. The summed E-state index contributed by atoms with van der Waals surface area (Å²) < 4.78 is 0. The van der Waals surface area contributed by atoms with Gasteiger partial charge >= 0.3 is 0 Å². The lowest BCUT2D eigenvalue weighted by atomic mass is 10.1. The molecule has 88 valence electrons. The molecule has 0 spiro atoms. The van der Waals surface area contributed by atoms with E-state index in [1.807, 2.05) is 0 Å². The minimum atomic E-state index is 0.577. The van der Waals surface area contributed by atoms with Crippen molar-refractivity contribution >= 4 is 11.8 Å². The molecular weight excluding hydrogens is 214 g/mol. The van der Waals surface area contributed by atoms with E-state index in [1.54, 1.807) is 0 Å². The number of thioether (sulfide) groups is 1. The van der Waals surface area contributed by atoms with Gasteiger partial charge in [0.25, 0.3) is 0 Å². The van der Waals surface area contributed by atoms with Gasteiger partial charge in [0.15, 0.2) is 0 Å². The molecule has 1 aliphatic rings. The minimum Gasteiger partial charge on any atom is -0.310 e. The SMILES string of the molecule is CC(Cc1ccccc1)NC1CCSC1C. The maximum Gasteiger partial charge on any atom is 0.0194 e. The zero-order chi connectivity index (χ0) is 11.4. The molecule has 1 heterocycles. The average Bonchev–Trinajstić information content (AvgIpc) is 2.66. The zero-order valence-electron chi connectivity index (χ0n) is 10.1. The van der Waals surface area contributed by atoms with Crippen LogP contribution in [0.3, 0.4) is 0 Å². The van der Waals surface area contributed by atoms with Crippen LogP contribution in [0.4, 0.5) is 0 Å². The molecule has 1 nitrogen and oxygen atoms in total. The van der Waals surface area contributed by atoms with Gasteiger partial charge in [-0.2, -0.15) is 11.8 Å². The summed E-state index contributed by atoms with van der Waals surface area (Å²) in [4.78, 5) is 0. The Morgan fingerprint density at radius 1 is 1.38 bits per heavy atom. The molecule has 3 atom stereocenters. The Labute approximate surface area is 103 Å². The number of rotatable bonds is 4. The van der Waals surface area contributed by atoms with Crippen molar-refractivity contribution in [3.05, 3.63) is 35.9 Å². The Kier molecular flexibility index (Phi) is 4.30. The van der Waals surface area contributed by atoms with Crippen LogP contribution in [0.5, 0.6) is 0 Å². The van der Waals surface area contributed by atoms with Crippen LogP contribution >= 0.6 is 11.8 Å². The van der Waals surface area contributed by atoms with Gasteiger partial charge in [-0.15, -0.1) is 0 Å². The van der Waals surface area contributed by atoms with E-state index >= 15 is 0 Å². The van der Waals surface area contributed by atoms with E-state index in [1.165, 1.54) is 17.7 Å². The van der Waals surface area contributed by atoms with E-state index in [0.29, 0.717) is 12.1 Å². The molecule has 1 aromatic carbocycles. The first-order valence-electron chi connectivity index (χ1n) is 6.17. The molecule has 1 fully saturated rings. The normalized spacial score (nSPS) is 26.9. The van der Waals surface area contributed by atoms with Gasteiger partial charge in [0.1, 0.15) is 0 Å². The maximum absolute atomic E-state index is 3.76. The summed E-state index contributed by atoms with van der Waals surface area (Å²) in [6, 6.07) is 12.0. The van der Waals surface area contributed by atoms with Crippen molar-refractivity contribution in [2.24, 2.45) is 0 Å². The standard InChI is InChI=1S/C14H21NS/c1-11(10-13-6-4-3-5-7-13)15-14-8-9-16-12(14)2/h3-7,11-12,14-15H,8-10H2,1-2H3. The minimum absolute atomic E-state index is 0.577. The fourth-order valence-corrected chi connectivity index (χ4v) is 3.55. The van der Waals surface area contributed by atoms with Gasteiger partial charge in [0.2, 0.25) is 0 Å². The molecule has 0 saturated carbocycles. The largest absolute Gasteiger partial charge is 0.310 e. The summed E-state index contributed by atoms with van der Waals surface area (Å²) in [5.74, 6) is 1.32. The molecule has 3 unspecified atom stereocenters. The second-order valence-electron chi connectivity index (χ2n) is 4.73. The molecule has 0 aromatic heterocycles. The lowest BCUT2D eigenvalue weighted by Crippen LogP contribution is -2.40. The zero-order valence-corrected chi connectivity index (χ0v) is 11.0. The number of nitrogens with one attached hydrogen (secondary N) is 1. The molecule has 0 radical (unpaired) electrons. The Hall–Kier alpha value is -0.470. The van der Waals surface area contributed by atoms with Crippen molar-refractivity contribution in [2.45, 2.75) is 44.0 Å². The highest BCUT2D eigenvalue weighted by Crippen LogP contribution is 2.26. The fraction of sp³-hybridized carbons (Fsp3) is 0.571. The summed E-state index contributed by atoms with van der Waals surface area (Å²) in [5, 5.41) is 4.53. The van der Waals surface area contributed by atoms with Crippen LogP contribution < -0.4 is 5.32 Å². The predicted molar refractivity (Wildman–Crippen MR) is 73.1 cm³/mol. The van der Waals surface area contributed by atoms with Crippen LogP contribution in [0.1, 0.15) is 25.8 Å². The van der Waals surface area contributed by atoms with Gasteiger partial charge in [-0.05, 0) is 31.1 Å². The van der Waals surface area contributed by atoms with Gasteiger partial charge in [0, 0.05) is 17.3 Å². The van der Waals surface area contributed by atoms with Crippen LogP contribution in [-0.4, -0.2) is 23.1 Å². The van der Waals surface area contributed by atoms with Gasteiger partial charge in [-0.3, -0.25) is 0 Å². The Bertz CT molecular complexity index is 312. The van der Waals surface area contributed by atoms with Crippen molar-refractivity contribution in [3.63, 3.8) is 0 Å². The first-order valence-corrected chi connectivity index (χ1v) is 7.22. The monoisotopic (exact) mass is 235 g/mol. The lowest BCUT2D eigenvalue weighted by molar-refractivity contribution is 0.442. The number of hydrogen-bond acceptors (Lipinski definition) is 2. The Morgan fingerprint density at radius 2 is 2.12 bits per heavy atom. The highest BCUT2D eigenvalue weighted by Gasteiger charge is 2.24. The van der Waals surface area contributed by atoms with Crippen molar-refractivity contribution in [1.29, 1.82) is 0 Å². The predicted octanol–water partition coefficient (Wildman–Crippen LogP) is 3.10. The lowest BCUT2D eigenvalue weighted by Gasteiger charge is -2.22. The molecule has 1 aromatic rings. The quantitative estimate of drug-likeness (QED) is 0.860. The first kappa shape index (κ1) is 12.0. The van der Waals surface area contributed by atoms with Crippen LogP contribution in [0, 0.1) is 0 Å². The van der Waals surface area contributed by atoms with E-state index in [2.05, 4.69) is 61.3 Å². The second kappa shape index (κ2) is 5.74. The van der Waals surface area contributed by atoms with Crippen LogP contribution in [-0.2, 0) is 6.42 Å². The smallest absolute Gasteiger partial charge is 0.0194 e. The molecule has 2 heteroatoms. The molecule has 1 aliphatic heterocycles. The molecule has 16 heavy (non-hydrogen) atoms. The topological polar surface area (TPSA) is 12.0 Å². The van der Waals surface area contributed by atoms with Gasteiger partial charge in [-0.25, -0.2) is 0 Å². The highest BCUT2D eigenvalue weighted by molar-refractivity contribution is 8.00. The summed E-state index contributed by atoms with van der Waals surface area (Å²) in [5.41, 5.74) is 1.43. The molecule has 1 saturated heterocycles. The summed E-state index contributed by atoms with van der Waals surface area (Å²) in [6.07, 6.45) is 2.46. The van der Waals surface area contributed by atoms with Crippen LogP contribution in [0.15, 0.2) is 30.3 Å². The van der Waals surface area contributed by atoms with E-state index < -0.39 is 0 Å². The Morgan fingerprint density at radius 3 is 2.75 bits per heavy atom. The fourth-order valence-electron chi connectivity index (χ4n) is 2.34. The van der Waals surface area contributed by atoms with E-state index in [0.717, 1.165) is 11.7 Å². The third-order valence-electron chi connectivity index (χ3n) is 3.26. The summed E-state index contributed by atoms with van der Waals surface area (Å²) in [7, 11) is 0. The number of hydrogen-bond donors (Lipinski definition) is 1. The van der Waals surface area contributed by atoms with E-state index in [-0.39, 0.29) is 0 Å². The summed E-state index contributed by atoms with van der Waals surface area (Å²) in [6.45, 7) is 4.63. The Balaban J connectivity index is 1.82. The van der Waals surface area contributed by atoms with Crippen molar-refractivity contribution in [2.75, 3.05) is 5.75 Å². The molecule has 1 N–H and O–H groups in total. The molecule has 2 rings (SSSR count). The van der Waals surface area contributed by atoms with Crippen LogP contribution in [0.2, 0.25) is 0 Å². The van der Waals surface area contributed by atoms with Crippen molar-refractivity contribution in [3.8, 4) is 0 Å². The average molecular weight is 235 g/mol. The highest BCUT2D eigenvalue weighted by atomic mass is 32.2. The maximum atomic E-state index is 3.76. The van der Waals surface area contributed by atoms with Crippen LogP contribution in [0.25, 0.3) is 0 Å². The van der Waals surface area contributed by atoms with Gasteiger partial charge in [-0.1, -0.05) is 37.3 Å². The molecule has 0 bridgehead atoms. The second-order valence-corrected chi connectivity index (χ2v) is 6.21. The summed E-state index contributed by atoms with van der Waals surface area (Å²) >= 11 is 2.09. The van der Waals surface area contributed by atoms with E-state index in [4.69, 9.17) is 0 Å². The molecular formula is C14H21NS. The van der Waals surface area contributed by atoms with E-state index in [9.17, 15) is 0 Å². The third-order valence-corrected chi connectivity index (χ3v) is 4.59. The van der Waals surface area contributed by atoms with Crippen molar-refractivity contribution in [1.82, 2.24) is 5.32 Å². The third kappa shape index (κ3) is 3.26. The van der Waals surface area contributed by atoms with Crippen molar-refractivity contribution < 1.29 is 0 Å². The molecule has 0 aliphatic carbocycles. The first-order chi connectivity index (χ1) is 7.75. The number of benzene rings is 1.